The highest BCUT2D eigenvalue weighted by molar-refractivity contribution is 5.79. The molecule has 0 saturated carbocycles. The number of carbonyl (C=O) groups is 2. The van der Waals surface area contributed by atoms with Crippen LogP contribution in [0.2, 0.25) is 0 Å². The Bertz CT molecular complexity index is 684. The second-order valence-corrected chi connectivity index (χ2v) is 8.17. The van der Waals surface area contributed by atoms with E-state index in [2.05, 4.69) is 5.32 Å². The Kier molecular flexibility index (Phi) is 8.76. The lowest BCUT2D eigenvalue weighted by atomic mass is 10.1. The van der Waals surface area contributed by atoms with Crippen LogP contribution in [0.5, 0.6) is 11.5 Å². The highest BCUT2D eigenvalue weighted by atomic mass is 16.6. The SMILES string of the molecule is CCOc1cccc2c1OCCCCCNC(=O)CN(CC(=O)OC(C)(C)C)C2. The fourth-order valence-electron chi connectivity index (χ4n) is 3.15. The van der Waals surface area contributed by atoms with Crippen molar-refractivity contribution in [2.24, 2.45) is 0 Å². The summed E-state index contributed by atoms with van der Waals surface area (Å²) >= 11 is 0. The molecule has 1 aliphatic heterocycles. The van der Waals surface area contributed by atoms with Crippen LogP contribution in [0.25, 0.3) is 0 Å². The fraction of sp³-hybridized carbons (Fsp3) is 0.636. The van der Waals surface area contributed by atoms with Gasteiger partial charge >= 0.3 is 5.97 Å². The molecule has 1 aromatic rings. The van der Waals surface area contributed by atoms with E-state index in [9.17, 15) is 9.59 Å². The zero-order valence-corrected chi connectivity index (χ0v) is 18.1. The number of ether oxygens (including phenoxy) is 3. The van der Waals surface area contributed by atoms with Crippen LogP contribution in [0.4, 0.5) is 0 Å². The zero-order valence-electron chi connectivity index (χ0n) is 18.1. The fourth-order valence-corrected chi connectivity index (χ4v) is 3.15. The normalized spacial score (nSPS) is 16.9. The zero-order chi connectivity index (χ0) is 21.3. The number of hydrogen-bond acceptors (Lipinski definition) is 6. The molecule has 2 rings (SSSR count). The molecular weight excluding hydrogens is 372 g/mol. The Balaban J connectivity index is 2.27. The maximum Gasteiger partial charge on any atom is 0.320 e. The molecular formula is C22H34N2O5. The van der Waals surface area contributed by atoms with Crippen molar-refractivity contribution in [3.63, 3.8) is 0 Å². The largest absolute Gasteiger partial charge is 0.490 e. The second-order valence-electron chi connectivity index (χ2n) is 8.17. The average Bonchev–Trinajstić information content (AvgIpc) is 2.62. The Morgan fingerprint density at radius 2 is 2.00 bits per heavy atom. The van der Waals surface area contributed by atoms with E-state index in [1.807, 2.05) is 45.9 Å². The number of carbonyl (C=O) groups excluding carboxylic acids is 2. The van der Waals surface area contributed by atoms with Crippen LogP contribution in [0.1, 0.15) is 52.5 Å². The molecule has 0 aliphatic carbocycles. The summed E-state index contributed by atoms with van der Waals surface area (Å²) in [6, 6.07) is 5.72. The van der Waals surface area contributed by atoms with Gasteiger partial charge in [-0.15, -0.1) is 0 Å². The number of para-hydroxylation sites is 1. The first-order chi connectivity index (χ1) is 13.8. The van der Waals surface area contributed by atoms with E-state index < -0.39 is 5.60 Å². The molecule has 0 bridgehead atoms. The van der Waals surface area contributed by atoms with E-state index in [4.69, 9.17) is 14.2 Å². The van der Waals surface area contributed by atoms with Crippen molar-refractivity contribution in [1.82, 2.24) is 10.2 Å². The first-order valence-electron chi connectivity index (χ1n) is 10.4. The van der Waals surface area contributed by atoms with Crippen molar-refractivity contribution in [3.8, 4) is 11.5 Å². The Labute approximate surface area is 173 Å². The van der Waals surface area contributed by atoms with Crippen LogP contribution < -0.4 is 14.8 Å². The number of hydrogen-bond donors (Lipinski definition) is 1. The van der Waals surface area contributed by atoms with Gasteiger partial charge in [-0.3, -0.25) is 14.5 Å². The van der Waals surface area contributed by atoms with Gasteiger partial charge in [0.2, 0.25) is 5.91 Å². The summed E-state index contributed by atoms with van der Waals surface area (Å²) in [5.74, 6) is 0.902. The molecule has 0 radical (unpaired) electrons. The van der Waals surface area contributed by atoms with Crippen molar-refractivity contribution < 1.29 is 23.8 Å². The van der Waals surface area contributed by atoms with E-state index in [-0.39, 0.29) is 25.0 Å². The summed E-state index contributed by atoms with van der Waals surface area (Å²) in [4.78, 5) is 26.6. The number of esters is 1. The van der Waals surface area contributed by atoms with Gasteiger partial charge in [0, 0.05) is 18.7 Å². The summed E-state index contributed by atoms with van der Waals surface area (Å²) in [6.07, 6.45) is 2.76. The van der Waals surface area contributed by atoms with Crippen LogP contribution in [0.15, 0.2) is 18.2 Å². The van der Waals surface area contributed by atoms with Crippen molar-refractivity contribution >= 4 is 11.9 Å². The predicted octanol–water partition coefficient (Wildman–Crippen LogP) is 2.91. The van der Waals surface area contributed by atoms with Crippen LogP contribution >= 0.6 is 0 Å². The lowest BCUT2D eigenvalue weighted by Gasteiger charge is -2.25. The van der Waals surface area contributed by atoms with Crippen molar-refractivity contribution in [2.45, 2.75) is 59.1 Å². The van der Waals surface area contributed by atoms with Crippen molar-refractivity contribution in [2.75, 3.05) is 32.8 Å². The number of nitrogens with one attached hydrogen (secondary N) is 1. The first-order valence-corrected chi connectivity index (χ1v) is 10.4. The molecule has 29 heavy (non-hydrogen) atoms. The quantitative estimate of drug-likeness (QED) is 0.775. The molecule has 7 heteroatoms. The van der Waals surface area contributed by atoms with Crippen LogP contribution in [0, 0.1) is 0 Å². The number of fused-ring (bicyclic) bond motifs is 1. The van der Waals surface area contributed by atoms with Gasteiger partial charge in [-0.05, 0) is 53.0 Å². The van der Waals surface area contributed by atoms with E-state index in [0.717, 1.165) is 24.8 Å². The minimum absolute atomic E-state index is 0.0169. The molecule has 0 unspecified atom stereocenters. The van der Waals surface area contributed by atoms with Crippen molar-refractivity contribution in [3.05, 3.63) is 23.8 Å². The summed E-state index contributed by atoms with van der Waals surface area (Å²) in [6.45, 7) is 9.65. The van der Waals surface area contributed by atoms with Crippen LogP contribution in [0.3, 0.4) is 0 Å². The standard InChI is InChI=1S/C22H34N2O5/c1-5-27-18-11-9-10-17-14-24(16-20(26)29-22(2,3)4)15-19(25)23-12-7-6-8-13-28-21(17)18/h9-11H,5-8,12-16H2,1-4H3,(H,23,25). The predicted molar refractivity (Wildman–Crippen MR) is 111 cm³/mol. The van der Waals surface area contributed by atoms with E-state index >= 15 is 0 Å². The monoisotopic (exact) mass is 406 g/mol. The first kappa shape index (κ1) is 23.0. The molecule has 1 aromatic carbocycles. The maximum absolute atomic E-state index is 12.4. The van der Waals surface area contributed by atoms with Gasteiger partial charge in [-0.25, -0.2) is 0 Å². The molecule has 0 spiro atoms. The Morgan fingerprint density at radius 3 is 2.72 bits per heavy atom. The molecule has 1 N–H and O–H groups in total. The molecule has 1 aliphatic rings. The van der Waals surface area contributed by atoms with E-state index in [0.29, 0.717) is 37.8 Å². The smallest absolute Gasteiger partial charge is 0.320 e. The lowest BCUT2D eigenvalue weighted by molar-refractivity contribution is -0.156. The summed E-state index contributed by atoms with van der Waals surface area (Å²) in [5, 5.41) is 2.93. The highest BCUT2D eigenvalue weighted by Crippen LogP contribution is 2.32. The summed E-state index contributed by atoms with van der Waals surface area (Å²) in [7, 11) is 0. The molecule has 0 atom stereocenters. The van der Waals surface area contributed by atoms with Crippen LogP contribution in [-0.4, -0.2) is 55.2 Å². The number of rotatable bonds is 4. The topological polar surface area (TPSA) is 77.1 Å². The minimum atomic E-state index is -0.576. The Hall–Kier alpha value is -2.28. The van der Waals surface area contributed by atoms with Gasteiger partial charge in [0.05, 0.1) is 26.3 Å². The minimum Gasteiger partial charge on any atom is -0.490 e. The Morgan fingerprint density at radius 1 is 1.21 bits per heavy atom. The summed E-state index contributed by atoms with van der Waals surface area (Å²) < 4.78 is 17.3. The van der Waals surface area contributed by atoms with E-state index in [1.165, 1.54) is 0 Å². The number of benzene rings is 1. The molecule has 0 saturated heterocycles. The molecule has 0 fully saturated rings. The molecule has 0 aromatic heterocycles. The van der Waals surface area contributed by atoms with Crippen LogP contribution in [-0.2, 0) is 20.9 Å². The van der Waals surface area contributed by atoms with E-state index in [1.54, 1.807) is 4.90 Å². The van der Waals surface area contributed by atoms with Gasteiger partial charge < -0.3 is 19.5 Å². The van der Waals surface area contributed by atoms with Gasteiger partial charge in [0.1, 0.15) is 5.60 Å². The third-order valence-electron chi connectivity index (χ3n) is 4.28. The third-order valence-corrected chi connectivity index (χ3v) is 4.28. The van der Waals surface area contributed by atoms with Gasteiger partial charge in [0.15, 0.2) is 11.5 Å². The maximum atomic E-state index is 12.4. The average molecular weight is 407 g/mol. The number of nitrogens with zero attached hydrogens (tertiary/aromatic N) is 1. The third kappa shape index (κ3) is 8.31. The molecule has 162 valence electrons. The number of amides is 1. The lowest BCUT2D eigenvalue weighted by Crippen LogP contribution is -2.41. The molecule has 7 nitrogen and oxygen atoms in total. The van der Waals surface area contributed by atoms with Gasteiger partial charge in [-0.2, -0.15) is 0 Å². The highest BCUT2D eigenvalue weighted by Gasteiger charge is 2.23. The molecule has 1 amide bonds. The molecule has 1 heterocycles. The summed E-state index contributed by atoms with van der Waals surface area (Å²) in [5.41, 5.74) is 0.305. The van der Waals surface area contributed by atoms with Gasteiger partial charge in [-0.1, -0.05) is 12.1 Å². The second kappa shape index (κ2) is 11.0. The van der Waals surface area contributed by atoms with Crippen molar-refractivity contribution in [1.29, 1.82) is 0 Å². The van der Waals surface area contributed by atoms with Gasteiger partial charge in [0.25, 0.3) is 0 Å².